The fourth-order valence-corrected chi connectivity index (χ4v) is 3.84. The van der Waals surface area contributed by atoms with E-state index in [-0.39, 0.29) is 5.91 Å². The molecule has 0 aliphatic carbocycles. The van der Waals surface area contributed by atoms with Gasteiger partial charge in [0, 0.05) is 22.5 Å². The molecule has 1 amide bonds. The summed E-state index contributed by atoms with van der Waals surface area (Å²) in [7, 11) is 0. The zero-order valence-corrected chi connectivity index (χ0v) is 15.5. The number of anilines is 1. The van der Waals surface area contributed by atoms with Crippen molar-refractivity contribution in [1.82, 2.24) is 9.97 Å². The molecule has 1 N–H and O–H groups in total. The number of carbonyl (C=O) groups excluding carboxylic acids is 1. The Morgan fingerprint density at radius 1 is 1.04 bits per heavy atom. The molecule has 0 atom stereocenters. The van der Waals surface area contributed by atoms with Crippen LogP contribution in [0, 0.1) is 0 Å². The van der Waals surface area contributed by atoms with E-state index in [0.29, 0.717) is 29.7 Å². The smallest absolute Gasteiger partial charge is 0.258 e. The van der Waals surface area contributed by atoms with Crippen LogP contribution in [0.5, 0.6) is 11.5 Å². The number of fused-ring (bicyclic) bond motifs is 2. The Kier molecular flexibility index (Phi) is 4.14. The van der Waals surface area contributed by atoms with E-state index in [9.17, 15) is 4.79 Å². The van der Waals surface area contributed by atoms with Crippen molar-refractivity contribution >= 4 is 33.3 Å². The number of benzene rings is 2. The summed E-state index contributed by atoms with van der Waals surface area (Å²) in [5.74, 6) is 1.25. The van der Waals surface area contributed by atoms with Gasteiger partial charge in [0.05, 0.1) is 16.8 Å². The Balaban J connectivity index is 1.40. The molecule has 2 aromatic heterocycles. The maximum Gasteiger partial charge on any atom is 0.258 e. The van der Waals surface area contributed by atoms with Gasteiger partial charge in [0.1, 0.15) is 13.2 Å². The zero-order chi connectivity index (χ0) is 18.9. The maximum atomic E-state index is 12.8. The molecule has 0 saturated carbocycles. The Labute approximate surface area is 164 Å². The molecule has 1 aliphatic heterocycles. The number of hydrogen-bond acceptors (Lipinski definition) is 6. The van der Waals surface area contributed by atoms with Gasteiger partial charge >= 0.3 is 0 Å². The van der Waals surface area contributed by atoms with Gasteiger partial charge in [-0.3, -0.25) is 15.1 Å². The topological polar surface area (TPSA) is 73.3 Å². The maximum absolute atomic E-state index is 12.8. The van der Waals surface area contributed by atoms with Crippen LogP contribution in [0.15, 0.2) is 60.1 Å². The molecule has 3 heterocycles. The first-order chi connectivity index (χ1) is 13.8. The monoisotopic (exact) mass is 389 g/mol. The molecule has 0 bridgehead atoms. The largest absolute Gasteiger partial charge is 0.486 e. The van der Waals surface area contributed by atoms with Crippen molar-refractivity contribution in [3.8, 4) is 22.8 Å². The van der Waals surface area contributed by atoms with E-state index in [1.165, 1.54) is 11.3 Å². The highest BCUT2D eigenvalue weighted by molar-refractivity contribution is 7.14. The molecule has 0 radical (unpaired) electrons. The highest BCUT2D eigenvalue weighted by Crippen LogP contribution is 2.35. The molecule has 0 saturated heterocycles. The molecule has 0 spiro atoms. The third kappa shape index (κ3) is 3.05. The summed E-state index contributed by atoms with van der Waals surface area (Å²) in [5, 5.41) is 6.14. The van der Waals surface area contributed by atoms with Gasteiger partial charge in [-0.05, 0) is 30.3 Å². The SMILES string of the molecule is O=C(Nc1nc(-c2ccc3c(c2)OCCO3)cs1)c1ccnc2ccccc12. The zero-order valence-electron chi connectivity index (χ0n) is 14.7. The fourth-order valence-electron chi connectivity index (χ4n) is 3.12. The summed E-state index contributed by atoms with van der Waals surface area (Å²) in [5.41, 5.74) is 3.04. The lowest BCUT2D eigenvalue weighted by molar-refractivity contribution is 0.102. The van der Waals surface area contributed by atoms with Crippen LogP contribution >= 0.6 is 11.3 Å². The van der Waals surface area contributed by atoms with E-state index in [1.807, 2.05) is 47.8 Å². The van der Waals surface area contributed by atoms with Crippen molar-refractivity contribution < 1.29 is 14.3 Å². The second-order valence-corrected chi connectivity index (χ2v) is 7.08. The van der Waals surface area contributed by atoms with Gasteiger partial charge in [0.25, 0.3) is 5.91 Å². The molecule has 4 aromatic rings. The summed E-state index contributed by atoms with van der Waals surface area (Å²) in [6, 6.07) is 15.0. The van der Waals surface area contributed by atoms with Crippen molar-refractivity contribution in [2.75, 3.05) is 18.5 Å². The van der Waals surface area contributed by atoms with Crippen LogP contribution in [-0.4, -0.2) is 29.1 Å². The number of aromatic nitrogens is 2. The summed E-state index contributed by atoms with van der Waals surface area (Å²) < 4.78 is 11.2. The van der Waals surface area contributed by atoms with Gasteiger partial charge in [0.15, 0.2) is 16.6 Å². The second-order valence-electron chi connectivity index (χ2n) is 6.23. The first kappa shape index (κ1) is 16.7. The normalized spacial score (nSPS) is 12.7. The first-order valence-electron chi connectivity index (χ1n) is 8.78. The number of carbonyl (C=O) groups is 1. The molecule has 28 heavy (non-hydrogen) atoms. The number of amides is 1. The van der Waals surface area contributed by atoms with E-state index in [1.54, 1.807) is 12.3 Å². The van der Waals surface area contributed by atoms with E-state index >= 15 is 0 Å². The Bertz CT molecular complexity index is 1180. The van der Waals surface area contributed by atoms with Gasteiger partial charge in [-0.1, -0.05) is 18.2 Å². The molecule has 1 aliphatic rings. The Morgan fingerprint density at radius 2 is 1.89 bits per heavy atom. The molecule has 7 heteroatoms. The number of para-hydroxylation sites is 1. The lowest BCUT2D eigenvalue weighted by atomic mass is 10.1. The molecular weight excluding hydrogens is 374 g/mol. The van der Waals surface area contributed by atoms with Crippen molar-refractivity contribution in [3.63, 3.8) is 0 Å². The summed E-state index contributed by atoms with van der Waals surface area (Å²) >= 11 is 1.38. The van der Waals surface area contributed by atoms with Crippen LogP contribution in [0.3, 0.4) is 0 Å². The fraction of sp³-hybridized carbons (Fsp3) is 0.0952. The van der Waals surface area contributed by atoms with Crippen LogP contribution in [-0.2, 0) is 0 Å². The van der Waals surface area contributed by atoms with Gasteiger partial charge in [-0.25, -0.2) is 4.98 Å². The minimum absolute atomic E-state index is 0.207. The predicted molar refractivity (Wildman–Crippen MR) is 108 cm³/mol. The lowest BCUT2D eigenvalue weighted by Gasteiger charge is -2.18. The number of thiazole rings is 1. The van der Waals surface area contributed by atoms with Crippen molar-refractivity contribution in [2.45, 2.75) is 0 Å². The number of rotatable bonds is 3. The van der Waals surface area contributed by atoms with Gasteiger partial charge < -0.3 is 9.47 Å². The highest BCUT2D eigenvalue weighted by atomic mass is 32.1. The second kappa shape index (κ2) is 6.94. The Morgan fingerprint density at radius 3 is 2.82 bits per heavy atom. The van der Waals surface area contributed by atoms with E-state index in [0.717, 1.165) is 27.9 Å². The van der Waals surface area contributed by atoms with Crippen molar-refractivity contribution in [3.05, 3.63) is 65.7 Å². The molecule has 5 rings (SSSR count). The van der Waals surface area contributed by atoms with Gasteiger partial charge in [-0.15, -0.1) is 11.3 Å². The molecule has 0 fully saturated rings. The number of pyridine rings is 1. The van der Waals surface area contributed by atoms with Crippen LogP contribution in [0.1, 0.15) is 10.4 Å². The van der Waals surface area contributed by atoms with Crippen LogP contribution < -0.4 is 14.8 Å². The molecular formula is C21H15N3O3S. The quantitative estimate of drug-likeness (QED) is 0.563. The van der Waals surface area contributed by atoms with Gasteiger partial charge in [-0.2, -0.15) is 0 Å². The molecule has 138 valence electrons. The number of nitrogens with zero attached hydrogens (tertiary/aromatic N) is 2. The third-order valence-corrected chi connectivity index (χ3v) is 5.21. The summed E-state index contributed by atoms with van der Waals surface area (Å²) in [4.78, 5) is 21.6. The van der Waals surface area contributed by atoms with E-state index in [2.05, 4.69) is 15.3 Å². The minimum atomic E-state index is -0.207. The minimum Gasteiger partial charge on any atom is -0.486 e. The van der Waals surface area contributed by atoms with Gasteiger partial charge in [0.2, 0.25) is 0 Å². The molecule has 2 aromatic carbocycles. The first-order valence-corrected chi connectivity index (χ1v) is 9.66. The van der Waals surface area contributed by atoms with Crippen molar-refractivity contribution in [2.24, 2.45) is 0 Å². The number of ether oxygens (including phenoxy) is 2. The predicted octanol–water partition coefficient (Wildman–Crippen LogP) is 4.38. The summed E-state index contributed by atoms with van der Waals surface area (Å²) in [6.07, 6.45) is 1.64. The standard InChI is InChI=1S/C21H15N3O3S/c25-20(15-7-8-22-16-4-2-1-3-14(15)16)24-21-23-17(12-28-21)13-5-6-18-19(11-13)27-10-9-26-18/h1-8,11-12H,9-10H2,(H,23,24,25). The molecule has 6 nitrogen and oxygen atoms in total. The lowest BCUT2D eigenvalue weighted by Crippen LogP contribution is -2.15. The summed E-state index contributed by atoms with van der Waals surface area (Å²) in [6.45, 7) is 1.09. The number of hydrogen-bond donors (Lipinski definition) is 1. The van der Waals surface area contributed by atoms with E-state index in [4.69, 9.17) is 9.47 Å². The third-order valence-electron chi connectivity index (χ3n) is 4.46. The van der Waals surface area contributed by atoms with Crippen LogP contribution in [0.4, 0.5) is 5.13 Å². The van der Waals surface area contributed by atoms with Crippen LogP contribution in [0.25, 0.3) is 22.2 Å². The van der Waals surface area contributed by atoms with Crippen molar-refractivity contribution in [1.29, 1.82) is 0 Å². The average Bonchev–Trinajstić information content (AvgIpc) is 3.21. The Hall–Kier alpha value is -3.45. The van der Waals surface area contributed by atoms with E-state index < -0.39 is 0 Å². The average molecular weight is 389 g/mol. The molecule has 0 unspecified atom stereocenters. The highest BCUT2D eigenvalue weighted by Gasteiger charge is 2.16. The van der Waals surface area contributed by atoms with Crippen LogP contribution in [0.2, 0.25) is 0 Å². The number of nitrogens with one attached hydrogen (secondary N) is 1.